The van der Waals surface area contributed by atoms with Crippen molar-refractivity contribution in [1.82, 2.24) is 4.90 Å². The van der Waals surface area contributed by atoms with Gasteiger partial charge in [0.2, 0.25) is 6.10 Å². The molecule has 0 aliphatic carbocycles. The summed E-state index contributed by atoms with van der Waals surface area (Å²) in [4.78, 5) is 28.0. The molecule has 1 amide bonds. The van der Waals surface area contributed by atoms with E-state index in [2.05, 4.69) is 0 Å². The Morgan fingerprint density at radius 1 is 1.08 bits per heavy atom. The highest BCUT2D eigenvalue weighted by atomic mass is 32.1. The molecule has 0 bridgehead atoms. The number of thiophene rings is 1. The van der Waals surface area contributed by atoms with E-state index in [0.717, 1.165) is 16.7 Å². The van der Waals surface area contributed by atoms with E-state index in [0.29, 0.717) is 23.8 Å². The van der Waals surface area contributed by atoms with E-state index in [4.69, 9.17) is 14.2 Å². The van der Waals surface area contributed by atoms with Crippen LogP contribution >= 0.6 is 11.3 Å². The summed E-state index contributed by atoms with van der Waals surface area (Å²) in [5.74, 6) is -1.48. The molecule has 8 heteroatoms. The maximum Gasteiger partial charge on any atom is 0.326 e. The van der Waals surface area contributed by atoms with Crippen molar-refractivity contribution >= 4 is 23.2 Å². The minimum Gasteiger partial charge on any atom is -0.480 e. The number of carboxylic acids is 1. The SMILES string of the molecule is COC/C=C\C1=C(C(C)OCc2ccccc2)C[C@@H](C(=O)O)N(C(=O)[C@@H](Oc2cccs2)c2ccccc2)C1. The van der Waals surface area contributed by atoms with Crippen LogP contribution in [0.4, 0.5) is 0 Å². The summed E-state index contributed by atoms with van der Waals surface area (Å²) < 4.78 is 17.5. The molecule has 3 aromatic rings. The maximum atomic E-state index is 14.0. The van der Waals surface area contributed by atoms with Crippen molar-refractivity contribution in [2.75, 3.05) is 20.3 Å². The number of methoxy groups -OCH3 is 1. The summed E-state index contributed by atoms with van der Waals surface area (Å²) in [7, 11) is 1.61. The molecule has 1 aromatic heterocycles. The van der Waals surface area contributed by atoms with Crippen LogP contribution in [0.3, 0.4) is 0 Å². The molecule has 1 unspecified atom stereocenters. The van der Waals surface area contributed by atoms with E-state index in [1.807, 2.05) is 91.2 Å². The van der Waals surface area contributed by atoms with Gasteiger partial charge in [0.25, 0.3) is 5.91 Å². The highest BCUT2D eigenvalue weighted by Crippen LogP contribution is 2.33. The zero-order chi connectivity index (χ0) is 27.6. The number of hydrogen-bond donors (Lipinski definition) is 1. The Morgan fingerprint density at radius 2 is 1.79 bits per heavy atom. The first kappa shape index (κ1) is 28.3. The first-order chi connectivity index (χ1) is 19.0. The van der Waals surface area contributed by atoms with Gasteiger partial charge in [-0.3, -0.25) is 4.79 Å². The second kappa shape index (κ2) is 13.9. The molecular weight excluding hydrogens is 514 g/mol. The molecule has 0 fully saturated rings. The maximum absolute atomic E-state index is 14.0. The van der Waals surface area contributed by atoms with Crippen molar-refractivity contribution in [1.29, 1.82) is 0 Å². The molecule has 204 valence electrons. The Kier molecular flexibility index (Phi) is 10.1. The predicted molar refractivity (Wildman–Crippen MR) is 151 cm³/mol. The second-order valence-corrected chi connectivity index (χ2v) is 10.1. The van der Waals surface area contributed by atoms with E-state index in [1.54, 1.807) is 13.2 Å². The lowest BCUT2D eigenvalue weighted by molar-refractivity contribution is -0.153. The van der Waals surface area contributed by atoms with Crippen molar-refractivity contribution < 1.29 is 28.9 Å². The van der Waals surface area contributed by atoms with Crippen LogP contribution in [0.15, 0.2) is 101 Å². The van der Waals surface area contributed by atoms with E-state index in [9.17, 15) is 14.7 Å². The largest absolute Gasteiger partial charge is 0.480 e. The molecule has 0 saturated heterocycles. The van der Waals surface area contributed by atoms with Crippen LogP contribution in [0.2, 0.25) is 0 Å². The van der Waals surface area contributed by atoms with Gasteiger partial charge in [-0.05, 0) is 41.1 Å². The molecule has 3 atom stereocenters. The van der Waals surface area contributed by atoms with Crippen LogP contribution < -0.4 is 4.74 Å². The summed E-state index contributed by atoms with van der Waals surface area (Å²) in [5, 5.41) is 12.7. The monoisotopic (exact) mass is 547 g/mol. The molecule has 1 aliphatic heterocycles. The third-order valence-electron chi connectivity index (χ3n) is 6.58. The molecule has 0 spiro atoms. The number of nitrogens with zero attached hydrogens (tertiary/aromatic N) is 1. The Labute approximate surface area is 232 Å². The number of carbonyl (C=O) groups excluding carboxylic acids is 1. The van der Waals surface area contributed by atoms with Gasteiger partial charge in [-0.2, -0.15) is 0 Å². The summed E-state index contributed by atoms with van der Waals surface area (Å²) in [6.07, 6.45) is 2.57. The van der Waals surface area contributed by atoms with E-state index >= 15 is 0 Å². The van der Waals surface area contributed by atoms with E-state index in [-0.39, 0.29) is 19.1 Å². The van der Waals surface area contributed by atoms with Crippen molar-refractivity contribution in [3.63, 3.8) is 0 Å². The van der Waals surface area contributed by atoms with Crippen LogP contribution in [-0.2, 0) is 25.7 Å². The number of carbonyl (C=O) groups is 2. The quantitative estimate of drug-likeness (QED) is 0.315. The number of amides is 1. The van der Waals surface area contributed by atoms with Gasteiger partial charge >= 0.3 is 5.97 Å². The van der Waals surface area contributed by atoms with Crippen molar-refractivity contribution in [3.8, 4) is 5.06 Å². The minimum atomic E-state index is -1.07. The van der Waals surface area contributed by atoms with E-state index in [1.165, 1.54) is 16.2 Å². The highest BCUT2D eigenvalue weighted by molar-refractivity contribution is 7.11. The number of hydrogen-bond acceptors (Lipinski definition) is 6. The van der Waals surface area contributed by atoms with Gasteiger partial charge in [0, 0.05) is 25.6 Å². The first-order valence-electron chi connectivity index (χ1n) is 12.8. The van der Waals surface area contributed by atoms with Crippen LogP contribution in [0, 0.1) is 0 Å². The zero-order valence-electron chi connectivity index (χ0n) is 22.1. The lowest BCUT2D eigenvalue weighted by atomic mass is 9.89. The Balaban J connectivity index is 1.65. The molecule has 0 saturated carbocycles. The van der Waals surface area contributed by atoms with Gasteiger partial charge in [0.1, 0.15) is 6.04 Å². The molecule has 2 aromatic carbocycles. The van der Waals surface area contributed by atoms with Crippen LogP contribution in [0.5, 0.6) is 5.06 Å². The molecule has 0 radical (unpaired) electrons. The number of aliphatic carboxylic acids is 1. The van der Waals surface area contributed by atoms with Gasteiger partial charge in [0.05, 0.1) is 19.3 Å². The predicted octanol–water partition coefficient (Wildman–Crippen LogP) is 5.66. The Bertz CT molecular complexity index is 1270. The lowest BCUT2D eigenvalue weighted by Gasteiger charge is -2.38. The number of carboxylic acid groups (broad SMARTS) is 1. The summed E-state index contributed by atoms with van der Waals surface area (Å²) in [6.45, 7) is 2.82. The van der Waals surface area contributed by atoms with Crippen molar-refractivity contribution in [2.24, 2.45) is 0 Å². The highest BCUT2D eigenvalue weighted by Gasteiger charge is 2.40. The molecule has 39 heavy (non-hydrogen) atoms. The van der Waals surface area contributed by atoms with E-state index < -0.39 is 24.0 Å². The summed E-state index contributed by atoms with van der Waals surface area (Å²) >= 11 is 1.38. The lowest BCUT2D eigenvalue weighted by Crippen LogP contribution is -2.51. The Hall–Kier alpha value is -3.72. The number of ether oxygens (including phenoxy) is 3. The fraction of sp³-hybridized carbons (Fsp3) is 0.290. The van der Waals surface area contributed by atoms with Gasteiger partial charge in [0.15, 0.2) is 5.06 Å². The first-order valence-corrected chi connectivity index (χ1v) is 13.7. The fourth-order valence-electron chi connectivity index (χ4n) is 4.55. The smallest absolute Gasteiger partial charge is 0.326 e. The zero-order valence-corrected chi connectivity index (χ0v) is 22.9. The average molecular weight is 548 g/mol. The third-order valence-corrected chi connectivity index (χ3v) is 7.34. The molecule has 7 nitrogen and oxygen atoms in total. The minimum absolute atomic E-state index is 0.113. The van der Waals surface area contributed by atoms with Gasteiger partial charge in [-0.25, -0.2) is 4.79 Å². The molecular formula is C31H33NO6S. The molecule has 1 N–H and O–H groups in total. The van der Waals surface area contributed by atoms with Gasteiger partial charge in [-0.15, -0.1) is 11.3 Å². The normalized spacial score (nSPS) is 17.3. The summed E-state index contributed by atoms with van der Waals surface area (Å²) in [6, 6.07) is 21.6. The van der Waals surface area contributed by atoms with Crippen molar-refractivity contribution in [3.05, 3.63) is 113 Å². The topological polar surface area (TPSA) is 85.3 Å². The number of rotatable bonds is 12. The van der Waals surface area contributed by atoms with Gasteiger partial charge in [-0.1, -0.05) is 72.8 Å². The second-order valence-electron chi connectivity index (χ2n) is 9.21. The summed E-state index contributed by atoms with van der Waals surface area (Å²) in [5.41, 5.74) is 3.37. The fourth-order valence-corrected chi connectivity index (χ4v) is 5.15. The number of benzene rings is 2. The van der Waals surface area contributed by atoms with Gasteiger partial charge < -0.3 is 24.2 Å². The van der Waals surface area contributed by atoms with Crippen molar-refractivity contribution in [2.45, 2.75) is 38.2 Å². The standard InChI is InChI=1S/C31H33NO6S/c1-22(37-21-23-11-5-3-6-12-23)26-19-27(31(34)35)32(20-25(26)15-9-17-36-2)30(33)29(24-13-7-4-8-14-24)38-28-16-10-18-39-28/h3-16,18,22,27,29H,17,19-21H2,1-2H3,(H,34,35)/b15-9-/t22?,27-,29-/m0/s1. The molecule has 2 heterocycles. The molecule has 1 aliphatic rings. The molecule has 4 rings (SSSR count). The van der Waals surface area contributed by atoms with Crippen LogP contribution in [0.25, 0.3) is 0 Å². The van der Waals surface area contributed by atoms with Crippen LogP contribution in [0.1, 0.15) is 30.6 Å². The Morgan fingerprint density at radius 3 is 2.44 bits per heavy atom. The third kappa shape index (κ3) is 7.44. The van der Waals surface area contributed by atoms with Crippen LogP contribution in [-0.4, -0.2) is 54.3 Å². The average Bonchev–Trinajstić information content (AvgIpc) is 3.48.